The minimum atomic E-state index is -1.42. The molecule has 1 saturated heterocycles. The Morgan fingerprint density at radius 2 is 1.83 bits per heavy atom. The molecule has 10 nitrogen and oxygen atoms in total. The van der Waals surface area contributed by atoms with E-state index in [4.69, 9.17) is 16.3 Å². The normalized spacial score (nSPS) is 21.8. The number of halogens is 1. The van der Waals surface area contributed by atoms with Crippen LogP contribution in [0, 0.1) is 0 Å². The van der Waals surface area contributed by atoms with E-state index in [9.17, 15) is 15.0 Å². The fourth-order valence-electron chi connectivity index (χ4n) is 4.02. The lowest BCUT2D eigenvalue weighted by Crippen LogP contribution is -2.41. The summed E-state index contributed by atoms with van der Waals surface area (Å²) in [5.74, 6) is 0.264. The van der Waals surface area contributed by atoms with E-state index < -0.39 is 30.4 Å². The predicted octanol–water partition coefficient (Wildman–Crippen LogP) is 2.12. The zero-order valence-corrected chi connectivity index (χ0v) is 19.4. The molecule has 1 aliphatic heterocycles. The van der Waals surface area contributed by atoms with E-state index in [2.05, 4.69) is 25.6 Å². The van der Waals surface area contributed by atoms with Crippen molar-refractivity contribution in [1.82, 2.24) is 24.8 Å². The number of fused-ring (bicyclic) bond motifs is 1. The van der Waals surface area contributed by atoms with E-state index in [1.165, 1.54) is 17.9 Å². The summed E-state index contributed by atoms with van der Waals surface area (Å²) in [6.45, 7) is 0.488. The van der Waals surface area contributed by atoms with Crippen LogP contribution in [0.15, 0.2) is 60.9 Å². The van der Waals surface area contributed by atoms with Gasteiger partial charge in [-0.05, 0) is 17.7 Å². The Morgan fingerprint density at radius 1 is 1.09 bits per heavy atom. The van der Waals surface area contributed by atoms with Crippen LogP contribution in [0.1, 0.15) is 11.8 Å². The molecule has 3 heterocycles. The molecule has 5 rings (SSSR count). The summed E-state index contributed by atoms with van der Waals surface area (Å²) in [4.78, 5) is 25.9. The highest BCUT2D eigenvalue weighted by Gasteiger charge is 2.47. The number of rotatable bonds is 6. The molecule has 1 fully saturated rings. The highest BCUT2D eigenvalue weighted by atomic mass is 35.5. The number of ether oxygens (including phenoxy) is 1. The average Bonchev–Trinajstić information content (AvgIpc) is 3.43. The van der Waals surface area contributed by atoms with E-state index in [0.717, 1.165) is 5.56 Å². The van der Waals surface area contributed by atoms with Gasteiger partial charge in [0.15, 0.2) is 35.1 Å². The standard InChI is InChI=1S/C24H23ClN6O4/c1-26-23(34)19-17(32)18(33)24(35-19)31-12-28-16-21(27-11-13-7-3-2-4-8-13)29-20(30-22(16)31)14-9-5-6-10-15(14)25/h2-10,12,17-19,24,32-33H,11H2,1H3,(H,26,34)(H,27,29,30)/t17-,18+,19-,24+/m0/s1. The number of benzene rings is 2. The Kier molecular flexibility index (Phi) is 6.35. The number of aliphatic hydroxyl groups is 2. The molecular weight excluding hydrogens is 472 g/mol. The Hall–Kier alpha value is -3.57. The van der Waals surface area contributed by atoms with Crippen LogP contribution in [-0.4, -0.2) is 61.0 Å². The molecule has 180 valence electrons. The van der Waals surface area contributed by atoms with Gasteiger partial charge in [0.2, 0.25) is 0 Å². The van der Waals surface area contributed by atoms with Gasteiger partial charge >= 0.3 is 0 Å². The predicted molar refractivity (Wildman–Crippen MR) is 130 cm³/mol. The zero-order valence-electron chi connectivity index (χ0n) is 18.7. The van der Waals surface area contributed by atoms with E-state index in [0.29, 0.717) is 39.9 Å². The van der Waals surface area contributed by atoms with Gasteiger partial charge in [-0.2, -0.15) is 0 Å². The van der Waals surface area contributed by atoms with Crippen molar-refractivity contribution in [2.24, 2.45) is 0 Å². The lowest BCUT2D eigenvalue weighted by Gasteiger charge is -2.17. The van der Waals surface area contributed by atoms with Crippen LogP contribution in [0.2, 0.25) is 5.02 Å². The molecule has 0 bridgehead atoms. The second-order valence-electron chi connectivity index (χ2n) is 8.08. The zero-order chi connectivity index (χ0) is 24.5. The molecule has 4 atom stereocenters. The third-order valence-corrected chi connectivity index (χ3v) is 6.19. The third-order valence-electron chi connectivity index (χ3n) is 5.86. The van der Waals surface area contributed by atoms with Crippen molar-refractivity contribution in [3.8, 4) is 11.4 Å². The molecule has 0 radical (unpaired) electrons. The van der Waals surface area contributed by atoms with Crippen LogP contribution in [0.5, 0.6) is 0 Å². The minimum absolute atomic E-state index is 0.344. The molecule has 2 aromatic carbocycles. The number of aliphatic hydroxyl groups excluding tert-OH is 2. The molecule has 2 aromatic heterocycles. The maximum atomic E-state index is 12.1. The summed E-state index contributed by atoms with van der Waals surface area (Å²) in [7, 11) is 1.43. The number of amides is 1. The first-order valence-electron chi connectivity index (χ1n) is 11.0. The molecule has 0 saturated carbocycles. The number of likely N-dealkylation sites (N-methyl/N-ethyl adjacent to an activating group) is 1. The number of nitrogens with zero attached hydrogens (tertiary/aromatic N) is 4. The molecule has 4 N–H and O–H groups in total. The highest BCUT2D eigenvalue weighted by molar-refractivity contribution is 6.33. The van der Waals surface area contributed by atoms with E-state index in [-0.39, 0.29) is 0 Å². The van der Waals surface area contributed by atoms with Gasteiger partial charge in [0.05, 0.1) is 11.3 Å². The number of carbonyl (C=O) groups is 1. The van der Waals surface area contributed by atoms with Crippen molar-refractivity contribution in [2.45, 2.75) is 31.1 Å². The number of aromatic nitrogens is 4. The van der Waals surface area contributed by atoms with Gasteiger partial charge in [0.25, 0.3) is 5.91 Å². The first-order chi connectivity index (χ1) is 17.0. The molecular formula is C24H23ClN6O4. The first kappa shape index (κ1) is 23.2. The highest BCUT2D eigenvalue weighted by Crippen LogP contribution is 2.34. The summed E-state index contributed by atoms with van der Waals surface area (Å²) < 4.78 is 7.22. The number of carbonyl (C=O) groups excluding carboxylic acids is 1. The quantitative estimate of drug-likeness (QED) is 0.320. The Labute approximate surface area is 205 Å². The summed E-state index contributed by atoms with van der Waals surface area (Å²) in [5, 5.41) is 27.3. The number of hydrogen-bond donors (Lipinski definition) is 4. The number of anilines is 1. The molecule has 0 unspecified atom stereocenters. The maximum Gasteiger partial charge on any atom is 0.251 e. The summed E-state index contributed by atoms with van der Waals surface area (Å²) >= 11 is 6.42. The first-order valence-corrected chi connectivity index (χ1v) is 11.4. The third kappa shape index (κ3) is 4.32. The monoisotopic (exact) mass is 494 g/mol. The van der Waals surface area contributed by atoms with E-state index in [1.807, 2.05) is 42.5 Å². The molecule has 1 amide bonds. The van der Waals surface area contributed by atoms with Crippen molar-refractivity contribution in [3.63, 3.8) is 0 Å². The molecule has 35 heavy (non-hydrogen) atoms. The van der Waals surface area contributed by atoms with Crippen molar-refractivity contribution >= 4 is 34.5 Å². The smallest absolute Gasteiger partial charge is 0.251 e. The number of imidazole rings is 1. The van der Waals surface area contributed by atoms with Crippen molar-refractivity contribution in [3.05, 3.63) is 71.5 Å². The van der Waals surface area contributed by atoms with E-state index >= 15 is 0 Å². The second-order valence-corrected chi connectivity index (χ2v) is 8.49. The summed E-state index contributed by atoms with van der Waals surface area (Å²) in [5.41, 5.74) is 2.44. The Balaban J connectivity index is 1.59. The average molecular weight is 495 g/mol. The lowest BCUT2D eigenvalue weighted by molar-refractivity contribution is -0.137. The van der Waals surface area contributed by atoms with Gasteiger partial charge < -0.3 is 25.6 Å². The van der Waals surface area contributed by atoms with Crippen LogP contribution >= 0.6 is 11.6 Å². The molecule has 0 spiro atoms. The summed E-state index contributed by atoms with van der Waals surface area (Å²) in [6.07, 6.45) is -3.69. The largest absolute Gasteiger partial charge is 0.387 e. The van der Waals surface area contributed by atoms with Gasteiger partial charge in [0, 0.05) is 19.2 Å². The summed E-state index contributed by atoms with van der Waals surface area (Å²) in [6, 6.07) is 17.0. The van der Waals surface area contributed by atoms with Crippen molar-refractivity contribution in [1.29, 1.82) is 0 Å². The molecule has 1 aliphatic rings. The van der Waals surface area contributed by atoms with Crippen LogP contribution in [0.3, 0.4) is 0 Å². The fraction of sp³-hybridized carbons (Fsp3) is 0.250. The van der Waals surface area contributed by atoms with Gasteiger partial charge in [-0.25, -0.2) is 15.0 Å². The minimum Gasteiger partial charge on any atom is -0.387 e. The van der Waals surface area contributed by atoms with Crippen molar-refractivity contribution in [2.75, 3.05) is 12.4 Å². The van der Waals surface area contributed by atoms with Crippen LogP contribution in [0.25, 0.3) is 22.6 Å². The Morgan fingerprint density at radius 3 is 2.57 bits per heavy atom. The van der Waals surface area contributed by atoms with Crippen LogP contribution < -0.4 is 10.6 Å². The van der Waals surface area contributed by atoms with Gasteiger partial charge in [0.1, 0.15) is 12.2 Å². The number of nitrogens with one attached hydrogen (secondary N) is 2. The fourth-order valence-corrected chi connectivity index (χ4v) is 4.24. The van der Waals surface area contributed by atoms with Gasteiger partial charge in [-0.3, -0.25) is 9.36 Å². The molecule has 0 aliphatic carbocycles. The lowest BCUT2D eigenvalue weighted by atomic mass is 10.1. The van der Waals surface area contributed by atoms with Gasteiger partial charge in [-0.15, -0.1) is 0 Å². The molecule has 4 aromatic rings. The Bertz CT molecular complexity index is 1360. The van der Waals surface area contributed by atoms with Gasteiger partial charge in [-0.1, -0.05) is 54.1 Å². The van der Waals surface area contributed by atoms with Crippen LogP contribution in [-0.2, 0) is 16.1 Å². The molecule has 11 heteroatoms. The SMILES string of the molecule is CNC(=O)[C@H]1O[C@@H](n2cnc3c(NCc4ccccc4)nc(-c4ccccc4Cl)nc32)[C@H](O)[C@@H]1O. The van der Waals surface area contributed by atoms with Crippen molar-refractivity contribution < 1.29 is 19.7 Å². The number of hydrogen-bond acceptors (Lipinski definition) is 8. The van der Waals surface area contributed by atoms with Crippen LogP contribution in [0.4, 0.5) is 5.82 Å². The maximum absolute atomic E-state index is 12.1. The van der Waals surface area contributed by atoms with E-state index in [1.54, 1.807) is 12.1 Å². The second kappa shape index (κ2) is 9.59. The topological polar surface area (TPSA) is 134 Å².